The van der Waals surface area contributed by atoms with E-state index in [1.165, 1.54) is 24.8 Å². The summed E-state index contributed by atoms with van der Waals surface area (Å²) < 4.78 is 2.31. The van der Waals surface area contributed by atoms with Gasteiger partial charge in [-0.15, -0.1) is 0 Å². The van der Waals surface area contributed by atoms with Crippen LogP contribution in [0.4, 0.5) is 0 Å². The molecule has 5 rings (SSSR count). The van der Waals surface area contributed by atoms with E-state index in [1.54, 1.807) is 6.20 Å². The average molecular weight is 392 g/mol. The molecule has 152 valence electrons. The van der Waals surface area contributed by atoms with Crippen LogP contribution >= 0.6 is 0 Å². The Morgan fingerprint density at radius 1 is 1.07 bits per heavy atom. The molecule has 4 aliphatic rings. The van der Waals surface area contributed by atoms with Gasteiger partial charge in [-0.1, -0.05) is 19.3 Å². The van der Waals surface area contributed by atoms with Crippen LogP contribution in [-0.4, -0.2) is 31.7 Å². The zero-order valence-electron chi connectivity index (χ0n) is 16.8. The lowest BCUT2D eigenvalue weighted by atomic mass is 9.85. The van der Waals surface area contributed by atoms with Crippen LogP contribution in [0.2, 0.25) is 0 Å². The first-order chi connectivity index (χ1) is 14.3. The number of hydrogen-bond acceptors (Lipinski definition) is 3. The Labute approximate surface area is 171 Å². The molecule has 1 amide bonds. The highest BCUT2D eigenvalue weighted by Crippen LogP contribution is 2.34. The number of pyridine rings is 1. The number of aromatic amines is 1. The summed E-state index contributed by atoms with van der Waals surface area (Å²) in [4.78, 5) is 17.5. The predicted octanol–water partition coefficient (Wildman–Crippen LogP) is 4.67. The highest BCUT2D eigenvalue weighted by Gasteiger charge is 2.28. The molecule has 1 aromatic rings. The van der Waals surface area contributed by atoms with E-state index < -0.39 is 0 Å². The van der Waals surface area contributed by atoms with E-state index in [0.717, 1.165) is 55.6 Å². The standard InChI is InChI=1S/C23H29N5O/c29-23(20-15-25-27-21(20)16-5-2-1-3-6-16)26-18-8-10-19(11-9-18)28-14-4-7-17-12-13-24-22(17)28/h4,7,12-16,18-19H,1-3,5-6,8-11H2,(H,25,27)(H,26,29). The first kappa shape index (κ1) is 18.4. The molecule has 0 radical (unpaired) electrons. The van der Waals surface area contributed by atoms with E-state index in [9.17, 15) is 4.79 Å². The number of nitrogens with one attached hydrogen (secondary N) is 2. The minimum atomic E-state index is 0.0372. The predicted molar refractivity (Wildman–Crippen MR) is 112 cm³/mol. The summed E-state index contributed by atoms with van der Waals surface area (Å²) in [6, 6.07) is 6.96. The molecule has 1 aromatic heterocycles. The van der Waals surface area contributed by atoms with Crippen molar-refractivity contribution in [3.63, 3.8) is 0 Å². The number of hydrogen-bond donors (Lipinski definition) is 2. The Bertz CT molecular complexity index is 930. The van der Waals surface area contributed by atoms with Gasteiger partial charge in [0.25, 0.3) is 5.91 Å². The van der Waals surface area contributed by atoms with E-state index in [4.69, 9.17) is 0 Å². The summed E-state index contributed by atoms with van der Waals surface area (Å²) in [6.07, 6.45) is 16.0. The van der Waals surface area contributed by atoms with E-state index in [2.05, 4.69) is 49.5 Å². The number of carbonyl (C=O) groups is 1. The first-order valence-electron chi connectivity index (χ1n) is 11.1. The van der Waals surface area contributed by atoms with Crippen LogP contribution in [-0.2, 0) is 0 Å². The third-order valence-electron chi connectivity index (χ3n) is 6.83. The number of nitrogens with zero attached hydrogens (tertiary/aromatic N) is 3. The van der Waals surface area contributed by atoms with Crippen LogP contribution in [0, 0.1) is 0 Å². The van der Waals surface area contributed by atoms with E-state index >= 15 is 0 Å². The van der Waals surface area contributed by atoms with Crippen LogP contribution < -0.4 is 5.32 Å². The lowest BCUT2D eigenvalue weighted by molar-refractivity contribution is 0.0921. The summed E-state index contributed by atoms with van der Waals surface area (Å²) in [5.41, 5.74) is 2.98. The largest absolute Gasteiger partial charge is 0.349 e. The smallest absolute Gasteiger partial charge is 0.254 e. The van der Waals surface area contributed by atoms with Gasteiger partial charge in [0.15, 0.2) is 0 Å². The molecule has 0 spiro atoms. The van der Waals surface area contributed by atoms with Crippen molar-refractivity contribution in [2.45, 2.75) is 75.8 Å². The molecule has 6 nitrogen and oxygen atoms in total. The molecule has 6 heteroatoms. The fraction of sp³-hybridized carbons (Fsp3) is 0.522. The topological polar surface area (TPSA) is 75.6 Å². The van der Waals surface area contributed by atoms with E-state index in [-0.39, 0.29) is 11.9 Å². The molecule has 0 atom stereocenters. The molecule has 0 unspecified atom stereocenters. The Balaban J connectivity index is 1.21. The van der Waals surface area contributed by atoms with Gasteiger partial charge < -0.3 is 9.88 Å². The van der Waals surface area contributed by atoms with Crippen molar-refractivity contribution in [3.8, 4) is 11.4 Å². The van der Waals surface area contributed by atoms with Crippen molar-refractivity contribution in [3.05, 3.63) is 48.0 Å². The second-order valence-electron chi connectivity index (χ2n) is 8.65. The van der Waals surface area contributed by atoms with Crippen LogP contribution in [0.3, 0.4) is 0 Å². The maximum atomic E-state index is 12.9. The zero-order valence-corrected chi connectivity index (χ0v) is 16.8. The monoisotopic (exact) mass is 391 g/mol. The highest BCUT2D eigenvalue weighted by molar-refractivity contribution is 5.95. The normalized spacial score (nSPS) is 23.3. The number of rotatable bonds is 4. The first-order valence-corrected chi connectivity index (χ1v) is 11.1. The van der Waals surface area contributed by atoms with E-state index in [1.807, 2.05) is 6.20 Å². The molecular formula is C23H29N5O. The van der Waals surface area contributed by atoms with Crippen LogP contribution in [0.25, 0.3) is 11.4 Å². The highest BCUT2D eigenvalue weighted by atomic mass is 16.1. The maximum Gasteiger partial charge on any atom is 0.254 e. The van der Waals surface area contributed by atoms with Crippen molar-refractivity contribution in [2.24, 2.45) is 0 Å². The van der Waals surface area contributed by atoms with Gasteiger partial charge in [-0.25, -0.2) is 4.98 Å². The summed E-state index contributed by atoms with van der Waals surface area (Å²) >= 11 is 0. The molecule has 0 saturated heterocycles. The lowest BCUT2D eigenvalue weighted by Crippen LogP contribution is -2.38. The number of fused-ring (bicyclic) bond motifs is 1. The molecular weight excluding hydrogens is 362 g/mol. The van der Waals surface area contributed by atoms with Gasteiger partial charge in [0.05, 0.1) is 17.5 Å². The van der Waals surface area contributed by atoms with Gasteiger partial charge in [0, 0.05) is 36.0 Å². The van der Waals surface area contributed by atoms with Gasteiger partial charge in [0.1, 0.15) is 5.82 Å². The third-order valence-corrected chi connectivity index (χ3v) is 6.83. The van der Waals surface area contributed by atoms with E-state index in [0.29, 0.717) is 12.0 Å². The molecule has 29 heavy (non-hydrogen) atoms. The summed E-state index contributed by atoms with van der Waals surface area (Å²) in [5.74, 6) is 1.56. The molecule has 2 N–H and O–H groups in total. The molecule has 0 bridgehead atoms. The fourth-order valence-corrected chi connectivity index (χ4v) is 5.23. The third kappa shape index (κ3) is 3.68. The molecule has 2 aliphatic carbocycles. The van der Waals surface area contributed by atoms with Crippen LogP contribution in [0.15, 0.2) is 36.8 Å². The molecule has 2 fully saturated rings. The van der Waals surface area contributed by atoms with Crippen molar-refractivity contribution in [2.75, 3.05) is 0 Å². The van der Waals surface area contributed by atoms with Gasteiger partial charge >= 0.3 is 0 Å². The molecule has 2 saturated carbocycles. The van der Waals surface area contributed by atoms with Gasteiger partial charge in [-0.3, -0.25) is 9.89 Å². The van der Waals surface area contributed by atoms with Crippen molar-refractivity contribution >= 4 is 5.91 Å². The maximum absolute atomic E-state index is 12.9. The number of amides is 1. The zero-order chi connectivity index (χ0) is 19.6. The quantitative estimate of drug-likeness (QED) is 0.678. The second kappa shape index (κ2) is 8.01. The number of H-pyrrole nitrogens is 1. The van der Waals surface area contributed by atoms with Gasteiger partial charge in [-0.05, 0) is 56.7 Å². The summed E-state index contributed by atoms with van der Waals surface area (Å²) in [6.45, 7) is 0. The van der Waals surface area contributed by atoms with Crippen molar-refractivity contribution in [1.29, 1.82) is 0 Å². The molecule has 2 aliphatic heterocycles. The number of aromatic nitrogens is 4. The minimum Gasteiger partial charge on any atom is -0.349 e. The Kier molecular flexibility index (Phi) is 5.08. The van der Waals surface area contributed by atoms with Gasteiger partial charge in [-0.2, -0.15) is 5.10 Å². The Morgan fingerprint density at radius 2 is 1.90 bits per heavy atom. The summed E-state index contributed by atoms with van der Waals surface area (Å²) in [7, 11) is 0. The number of carbonyl (C=O) groups excluding carboxylic acids is 1. The minimum absolute atomic E-state index is 0.0372. The van der Waals surface area contributed by atoms with Crippen LogP contribution in [0.1, 0.15) is 85.8 Å². The van der Waals surface area contributed by atoms with Gasteiger partial charge in [0.2, 0.25) is 0 Å². The summed E-state index contributed by atoms with van der Waals surface area (Å²) in [5, 5.41) is 10.6. The Hall–Kier alpha value is -2.63. The van der Waals surface area contributed by atoms with Crippen molar-refractivity contribution in [1.82, 2.24) is 25.1 Å². The fourth-order valence-electron chi connectivity index (χ4n) is 5.23. The SMILES string of the molecule is O=C(NC1CCC(n2cccc3ccnc2-3)CC1)c1cn[nH]c1C1CCCCC1. The van der Waals surface area contributed by atoms with Crippen LogP contribution in [0.5, 0.6) is 0 Å². The Morgan fingerprint density at radius 3 is 2.72 bits per heavy atom. The van der Waals surface area contributed by atoms with Crippen molar-refractivity contribution < 1.29 is 4.79 Å². The molecule has 0 aromatic carbocycles. The lowest BCUT2D eigenvalue weighted by Gasteiger charge is -2.31. The average Bonchev–Trinajstić information content (AvgIpc) is 3.44. The second-order valence-corrected chi connectivity index (χ2v) is 8.65. The molecule has 3 heterocycles.